The summed E-state index contributed by atoms with van der Waals surface area (Å²) in [5.74, 6) is -3.91. The third kappa shape index (κ3) is 2.87. The van der Waals surface area contributed by atoms with Gasteiger partial charge in [0.2, 0.25) is 0 Å². The molecule has 0 aromatic rings. The summed E-state index contributed by atoms with van der Waals surface area (Å²) < 4.78 is 0. The van der Waals surface area contributed by atoms with Gasteiger partial charge in [0.15, 0.2) is 0 Å². The van der Waals surface area contributed by atoms with Gasteiger partial charge in [-0.15, -0.1) is 0 Å². The van der Waals surface area contributed by atoms with Crippen LogP contribution in [-0.2, 0) is 9.59 Å². The van der Waals surface area contributed by atoms with Crippen LogP contribution >= 0.6 is 0 Å². The number of aliphatic carboxylic acids is 2. The Balaban J connectivity index is 4.28. The van der Waals surface area contributed by atoms with Crippen LogP contribution in [0.4, 0.5) is 0 Å². The normalized spacial score (nSPS) is 15.2. The van der Waals surface area contributed by atoms with Crippen LogP contribution in [-0.4, -0.2) is 24.5 Å². The molecule has 1 N–H and O–H groups in total. The maximum atomic E-state index is 10.4. The van der Waals surface area contributed by atoms with E-state index in [4.69, 9.17) is 0 Å². The van der Waals surface area contributed by atoms with Crippen LogP contribution in [0.25, 0.3) is 0 Å². The molecule has 0 saturated heterocycles. The van der Waals surface area contributed by atoms with Gasteiger partial charge in [-0.1, -0.05) is 13.8 Å². The highest BCUT2D eigenvalue weighted by atomic mass is 16.4. The first-order chi connectivity index (χ1) is 5.50. The third-order valence-corrected chi connectivity index (χ3v) is 1.55. The third-order valence-electron chi connectivity index (χ3n) is 1.55. The molecule has 0 aromatic heterocycles. The second-order valence-corrected chi connectivity index (χ2v) is 2.46. The van der Waals surface area contributed by atoms with E-state index in [1.807, 2.05) is 0 Å². The molecule has 0 saturated carbocycles. The van der Waals surface area contributed by atoms with Crippen molar-refractivity contribution in [3.8, 4) is 0 Å². The molecule has 5 heteroatoms. The fraction of sp³-hybridized carbons (Fsp3) is 0.714. The van der Waals surface area contributed by atoms with E-state index in [1.165, 1.54) is 6.92 Å². The maximum absolute atomic E-state index is 10.4. The number of hydrogen-bond donors (Lipinski definition) is 1. The van der Waals surface area contributed by atoms with Gasteiger partial charge in [0.05, 0.1) is 12.0 Å². The zero-order chi connectivity index (χ0) is 9.72. The molecule has 0 aromatic carbocycles. The van der Waals surface area contributed by atoms with E-state index in [-0.39, 0.29) is 0 Å². The SMILES string of the molecule is CCNC(C(=O)[O-])C(C)C(=O)[O-]. The van der Waals surface area contributed by atoms with Gasteiger partial charge < -0.3 is 25.1 Å². The van der Waals surface area contributed by atoms with E-state index in [0.717, 1.165) is 0 Å². The Morgan fingerprint density at radius 2 is 1.83 bits per heavy atom. The van der Waals surface area contributed by atoms with Gasteiger partial charge >= 0.3 is 0 Å². The number of carbonyl (C=O) groups is 2. The Kier molecular flexibility index (Phi) is 4.28. The Labute approximate surface area is 70.4 Å². The molecule has 2 unspecified atom stereocenters. The number of carbonyl (C=O) groups excluding carboxylic acids is 2. The summed E-state index contributed by atoms with van der Waals surface area (Å²) in [5.41, 5.74) is 0. The van der Waals surface area contributed by atoms with E-state index >= 15 is 0 Å². The number of carboxylic acids is 2. The van der Waals surface area contributed by atoms with Gasteiger partial charge in [0.25, 0.3) is 0 Å². The molecule has 0 spiro atoms. The van der Waals surface area contributed by atoms with Crippen molar-refractivity contribution >= 4 is 11.9 Å². The average Bonchev–Trinajstić information content (AvgIpc) is 1.98. The van der Waals surface area contributed by atoms with Crippen molar-refractivity contribution in [2.45, 2.75) is 19.9 Å². The molecule has 0 fully saturated rings. The molecular weight excluding hydrogens is 162 g/mol. The minimum Gasteiger partial charge on any atom is -0.550 e. The summed E-state index contributed by atoms with van der Waals surface area (Å²) in [6, 6.07) is -1.18. The summed E-state index contributed by atoms with van der Waals surface area (Å²) in [7, 11) is 0. The zero-order valence-electron chi connectivity index (χ0n) is 6.99. The molecule has 0 heterocycles. The van der Waals surface area contributed by atoms with Crippen LogP contribution in [0.5, 0.6) is 0 Å². The van der Waals surface area contributed by atoms with E-state index in [2.05, 4.69) is 5.32 Å². The molecule has 0 aliphatic carbocycles. The number of likely N-dealkylation sites (N-methyl/N-ethyl adjacent to an activating group) is 1. The lowest BCUT2D eigenvalue weighted by atomic mass is 10.0. The van der Waals surface area contributed by atoms with E-state index in [9.17, 15) is 19.8 Å². The van der Waals surface area contributed by atoms with Crippen molar-refractivity contribution < 1.29 is 19.8 Å². The summed E-state index contributed by atoms with van der Waals surface area (Å²) >= 11 is 0. The predicted octanol–water partition coefficient (Wildman–Crippen LogP) is -2.90. The van der Waals surface area contributed by atoms with Crippen molar-refractivity contribution in [2.24, 2.45) is 5.92 Å². The minimum absolute atomic E-state index is 0.371. The van der Waals surface area contributed by atoms with Crippen LogP contribution in [0.15, 0.2) is 0 Å². The van der Waals surface area contributed by atoms with Gasteiger partial charge in [0.1, 0.15) is 0 Å². The Bertz CT molecular complexity index is 180. The van der Waals surface area contributed by atoms with Crippen LogP contribution in [0.1, 0.15) is 13.8 Å². The molecule has 0 radical (unpaired) electrons. The number of carboxylic acid groups (broad SMARTS) is 2. The van der Waals surface area contributed by atoms with Crippen molar-refractivity contribution in [2.75, 3.05) is 6.54 Å². The highest BCUT2D eigenvalue weighted by molar-refractivity contribution is 5.80. The van der Waals surface area contributed by atoms with E-state index in [0.29, 0.717) is 6.54 Å². The molecule has 0 bridgehead atoms. The highest BCUT2D eigenvalue weighted by Gasteiger charge is 2.17. The van der Waals surface area contributed by atoms with Crippen LogP contribution in [0, 0.1) is 5.92 Å². The van der Waals surface area contributed by atoms with E-state index < -0.39 is 23.9 Å². The number of nitrogens with one attached hydrogen (secondary N) is 1. The van der Waals surface area contributed by atoms with Crippen LogP contribution in [0.2, 0.25) is 0 Å². The molecule has 0 rings (SSSR count). The minimum atomic E-state index is -1.42. The molecule has 0 amide bonds. The van der Waals surface area contributed by atoms with Gasteiger partial charge in [-0.2, -0.15) is 0 Å². The molecular formula is C7H11NO4-2. The highest BCUT2D eigenvalue weighted by Crippen LogP contribution is 2.00. The number of rotatable bonds is 5. The molecule has 5 nitrogen and oxygen atoms in total. The zero-order valence-corrected chi connectivity index (χ0v) is 6.99. The Hall–Kier alpha value is -1.10. The lowest BCUT2D eigenvalue weighted by Crippen LogP contribution is -2.53. The van der Waals surface area contributed by atoms with E-state index in [1.54, 1.807) is 6.92 Å². The quantitative estimate of drug-likeness (QED) is 0.481. The summed E-state index contributed by atoms with van der Waals surface area (Å²) in [4.78, 5) is 20.6. The van der Waals surface area contributed by atoms with Crippen molar-refractivity contribution in [1.82, 2.24) is 5.32 Å². The Morgan fingerprint density at radius 3 is 2.08 bits per heavy atom. The molecule has 2 atom stereocenters. The monoisotopic (exact) mass is 173 g/mol. The van der Waals surface area contributed by atoms with Crippen LogP contribution < -0.4 is 15.5 Å². The summed E-state index contributed by atoms with van der Waals surface area (Å²) in [6.07, 6.45) is 0. The molecule has 0 aliphatic heterocycles. The summed E-state index contributed by atoms with van der Waals surface area (Å²) in [6.45, 7) is 3.31. The fourth-order valence-electron chi connectivity index (χ4n) is 0.820. The van der Waals surface area contributed by atoms with Gasteiger partial charge in [0, 0.05) is 11.9 Å². The maximum Gasteiger partial charge on any atom is 0.0590 e. The number of hydrogen-bond acceptors (Lipinski definition) is 5. The van der Waals surface area contributed by atoms with Crippen LogP contribution in [0.3, 0.4) is 0 Å². The lowest BCUT2D eigenvalue weighted by molar-refractivity contribution is -0.322. The second-order valence-electron chi connectivity index (χ2n) is 2.46. The van der Waals surface area contributed by atoms with Gasteiger partial charge in [-0.3, -0.25) is 0 Å². The van der Waals surface area contributed by atoms with Gasteiger partial charge in [-0.05, 0) is 6.54 Å². The smallest absolute Gasteiger partial charge is 0.0590 e. The largest absolute Gasteiger partial charge is 0.550 e. The standard InChI is InChI=1S/C7H13NO4/c1-3-8-5(7(11)12)4(2)6(9)10/h4-5,8H,3H2,1-2H3,(H,9,10)(H,11,12)/p-2. The second kappa shape index (κ2) is 4.71. The van der Waals surface area contributed by atoms with Gasteiger partial charge in [-0.25, -0.2) is 0 Å². The van der Waals surface area contributed by atoms with Crippen molar-refractivity contribution in [1.29, 1.82) is 0 Å². The predicted molar refractivity (Wildman–Crippen MR) is 36.6 cm³/mol. The first-order valence-corrected chi connectivity index (χ1v) is 3.65. The topological polar surface area (TPSA) is 92.3 Å². The van der Waals surface area contributed by atoms with Crippen molar-refractivity contribution in [3.05, 3.63) is 0 Å². The molecule has 0 aliphatic rings. The first-order valence-electron chi connectivity index (χ1n) is 3.65. The molecule has 70 valence electrons. The summed E-state index contributed by atoms with van der Waals surface area (Å²) in [5, 5.41) is 23.1. The average molecular weight is 173 g/mol. The fourth-order valence-corrected chi connectivity index (χ4v) is 0.820. The van der Waals surface area contributed by atoms with Crippen molar-refractivity contribution in [3.63, 3.8) is 0 Å². The molecule has 12 heavy (non-hydrogen) atoms. The lowest BCUT2D eigenvalue weighted by Gasteiger charge is -2.26. The Morgan fingerprint density at radius 1 is 1.33 bits per heavy atom. The first kappa shape index (κ1) is 10.9.